The van der Waals surface area contributed by atoms with Gasteiger partial charge in [0.2, 0.25) is 0 Å². The van der Waals surface area contributed by atoms with Crippen molar-refractivity contribution in [3.63, 3.8) is 0 Å². The van der Waals surface area contributed by atoms with E-state index < -0.39 is 5.72 Å². The first-order valence-corrected chi connectivity index (χ1v) is 5.70. The molecule has 1 saturated heterocycles. The lowest BCUT2D eigenvalue weighted by Crippen LogP contribution is -2.41. The Hall–Kier alpha value is -0.580. The van der Waals surface area contributed by atoms with Gasteiger partial charge < -0.3 is 9.64 Å². The summed E-state index contributed by atoms with van der Waals surface area (Å²) in [5, 5.41) is 0. The van der Waals surface area contributed by atoms with Gasteiger partial charge in [0.25, 0.3) is 0 Å². The van der Waals surface area contributed by atoms with E-state index in [1.165, 1.54) is 0 Å². The lowest BCUT2D eigenvalue weighted by atomic mass is 10.0. The van der Waals surface area contributed by atoms with Gasteiger partial charge in [0.15, 0.2) is 5.72 Å². The topological polar surface area (TPSA) is 12.5 Å². The van der Waals surface area contributed by atoms with Crippen LogP contribution in [0.3, 0.4) is 0 Å². The van der Waals surface area contributed by atoms with Crippen LogP contribution >= 0.6 is 24.8 Å². The normalized spacial score (nSPS) is 25.6. The van der Waals surface area contributed by atoms with Gasteiger partial charge in [-0.2, -0.15) is 0 Å². The van der Waals surface area contributed by atoms with Crippen LogP contribution in [-0.2, 0) is 10.5 Å². The van der Waals surface area contributed by atoms with Crippen LogP contribution in [0.2, 0.25) is 0 Å². The van der Waals surface area contributed by atoms with Crippen LogP contribution in [0.4, 0.5) is 0 Å². The molecule has 1 heterocycles. The Balaban J connectivity index is 2.37. The summed E-state index contributed by atoms with van der Waals surface area (Å²) in [7, 11) is 0. The summed E-state index contributed by atoms with van der Waals surface area (Å²) in [6.07, 6.45) is 0. The molecular formula is C11H13NOS2. The van der Waals surface area contributed by atoms with Crippen LogP contribution in [0.25, 0.3) is 0 Å². The van der Waals surface area contributed by atoms with Crippen LogP contribution in [0, 0.1) is 0 Å². The largest absolute Gasteiger partial charge is 0.350 e. The number of thiol groups is 1. The summed E-state index contributed by atoms with van der Waals surface area (Å²) in [4.78, 5) is 2.00. The van der Waals surface area contributed by atoms with E-state index in [2.05, 4.69) is 12.6 Å². The highest BCUT2D eigenvalue weighted by Gasteiger charge is 2.39. The van der Waals surface area contributed by atoms with E-state index >= 15 is 0 Å². The van der Waals surface area contributed by atoms with Gasteiger partial charge in [-0.3, -0.25) is 0 Å². The highest BCUT2D eigenvalue weighted by atomic mass is 32.1. The zero-order valence-corrected chi connectivity index (χ0v) is 10.2. The number of thiocarbonyl (C=S) groups is 1. The molecule has 0 spiro atoms. The van der Waals surface area contributed by atoms with Crippen LogP contribution in [0.5, 0.6) is 0 Å². The molecule has 0 amide bonds. The standard InChI is InChI=1S/C11H13NOS2/c1-11(9-5-3-2-4-6-9)12(10(14)15)7-8-13-11/h2-6H,7-8H2,1H3,(H,14,15). The first-order chi connectivity index (χ1) is 7.14. The quantitative estimate of drug-likeness (QED) is 0.597. The van der Waals surface area contributed by atoms with E-state index in [9.17, 15) is 0 Å². The highest BCUT2D eigenvalue weighted by Crippen LogP contribution is 2.34. The predicted octanol–water partition coefficient (Wildman–Crippen LogP) is 2.41. The maximum atomic E-state index is 5.79. The molecule has 2 nitrogen and oxygen atoms in total. The minimum absolute atomic E-state index is 0.458. The third-order valence-electron chi connectivity index (χ3n) is 2.75. The highest BCUT2D eigenvalue weighted by molar-refractivity contribution is 8.10. The van der Waals surface area contributed by atoms with Gasteiger partial charge in [0, 0.05) is 12.1 Å². The van der Waals surface area contributed by atoms with Gasteiger partial charge in [-0.1, -0.05) is 42.5 Å². The molecule has 4 heteroatoms. The summed E-state index contributed by atoms with van der Waals surface area (Å²) in [5.74, 6) is 0. The molecule has 0 bridgehead atoms. The molecule has 1 atom stereocenters. The van der Waals surface area contributed by atoms with E-state index in [-0.39, 0.29) is 0 Å². The van der Waals surface area contributed by atoms with E-state index in [4.69, 9.17) is 17.0 Å². The molecule has 1 unspecified atom stereocenters. The summed E-state index contributed by atoms with van der Waals surface area (Å²) < 4.78 is 6.37. The first-order valence-electron chi connectivity index (χ1n) is 4.84. The fraction of sp³-hybridized carbons (Fsp3) is 0.364. The molecule has 1 aromatic carbocycles. The summed E-state index contributed by atoms with van der Waals surface area (Å²) in [6.45, 7) is 3.51. The van der Waals surface area contributed by atoms with E-state index in [1.807, 2.05) is 42.2 Å². The molecule has 1 aromatic rings. The molecule has 1 aliphatic heterocycles. The van der Waals surface area contributed by atoms with E-state index in [0.717, 1.165) is 12.1 Å². The zero-order valence-electron chi connectivity index (χ0n) is 8.51. The molecule has 0 radical (unpaired) electrons. The van der Waals surface area contributed by atoms with Gasteiger partial charge in [-0.25, -0.2) is 0 Å². The molecule has 0 saturated carbocycles. The van der Waals surface area contributed by atoms with Gasteiger partial charge in [-0.15, -0.1) is 12.6 Å². The molecule has 15 heavy (non-hydrogen) atoms. The minimum Gasteiger partial charge on any atom is -0.350 e. The Morgan fingerprint density at radius 3 is 2.73 bits per heavy atom. The van der Waals surface area contributed by atoms with E-state index in [0.29, 0.717) is 10.9 Å². The molecular weight excluding hydrogens is 226 g/mol. The molecule has 1 aliphatic rings. The van der Waals surface area contributed by atoms with Crippen molar-refractivity contribution < 1.29 is 4.74 Å². The lowest BCUT2D eigenvalue weighted by molar-refractivity contribution is -0.0414. The van der Waals surface area contributed by atoms with Gasteiger partial charge in [0.05, 0.1) is 6.61 Å². The van der Waals surface area contributed by atoms with Crippen molar-refractivity contribution in [2.45, 2.75) is 12.6 Å². The van der Waals surface area contributed by atoms with Gasteiger partial charge in [-0.05, 0) is 6.92 Å². The minimum atomic E-state index is -0.458. The molecule has 0 aromatic heterocycles. The van der Waals surface area contributed by atoms with Crippen molar-refractivity contribution in [2.75, 3.05) is 13.2 Å². The maximum absolute atomic E-state index is 5.79. The van der Waals surface area contributed by atoms with Crippen LogP contribution < -0.4 is 0 Å². The number of ether oxygens (including phenoxy) is 1. The molecule has 1 fully saturated rings. The Morgan fingerprint density at radius 1 is 1.47 bits per heavy atom. The predicted molar refractivity (Wildman–Crippen MR) is 68.0 cm³/mol. The Bertz CT molecular complexity index is 368. The Labute approximate surface area is 101 Å². The van der Waals surface area contributed by atoms with Gasteiger partial charge in [0.1, 0.15) is 4.32 Å². The van der Waals surface area contributed by atoms with Crippen LogP contribution in [0.15, 0.2) is 30.3 Å². The average molecular weight is 239 g/mol. The second kappa shape index (κ2) is 4.12. The van der Waals surface area contributed by atoms with Crippen molar-refractivity contribution in [1.29, 1.82) is 0 Å². The Kier molecular flexibility index (Phi) is 3.00. The Morgan fingerprint density at radius 2 is 2.13 bits per heavy atom. The lowest BCUT2D eigenvalue weighted by Gasteiger charge is -2.34. The third kappa shape index (κ3) is 1.89. The average Bonchev–Trinajstić information content (AvgIpc) is 2.63. The van der Waals surface area contributed by atoms with E-state index in [1.54, 1.807) is 0 Å². The number of benzene rings is 1. The monoisotopic (exact) mass is 239 g/mol. The van der Waals surface area contributed by atoms with Crippen LogP contribution in [-0.4, -0.2) is 22.4 Å². The second-order valence-corrected chi connectivity index (χ2v) is 4.74. The smallest absolute Gasteiger partial charge is 0.165 e. The van der Waals surface area contributed by atoms with Crippen LogP contribution in [0.1, 0.15) is 12.5 Å². The summed E-state index contributed by atoms with van der Waals surface area (Å²) in [5.41, 5.74) is 0.652. The van der Waals surface area contributed by atoms with Crippen molar-refractivity contribution in [3.8, 4) is 0 Å². The number of hydrogen-bond acceptors (Lipinski definition) is 2. The first kappa shape index (κ1) is 10.9. The van der Waals surface area contributed by atoms with Crippen molar-refractivity contribution >= 4 is 29.2 Å². The maximum Gasteiger partial charge on any atom is 0.165 e. The molecule has 2 rings (SSSR count). The third-order valence-corrected chi connectivity index (χ3v) is 3.22. The molecule has 0 N–H and O–H groups in total. The fourth-order valence-corrected chi connectivity index (χ4v) is 2.45. The number of rotatable bonds is 1. The second-order valence-electron chi connectivity index (χ2n) is 3.63. The van der Waals surface area contributed by atoms with Crippen molar-refractivity contribution in [3.05, 3.63) is 35.9 Å². The molecule has 0 aliphatic carbocycles. The molecule has 80 valence electrons. The van der Waals surface area contributed by atoms with Crippen molar-refractivity contribution in [1.82, 2.24) is 4.90 Å². The fourth-order valence-electron chi connectivity index (χ4n) is 1.89. The summed E-state index contributed by atoms with van der Waals surface area (Å²) >= 11 is 9.35. The van der Waals surface area contributed by atoms with Gasteiger partial charge >= 0.3 is 0 Å². The number of nitrogens with zero attached hydrogens (tertiary/aromatic N) is 1. The zero-order chi connectivity index (χ0) is 10.9. The SMILES string of the molecule is CC1(c2ccccc2)OCCN1C(=S)S. The summed E-state index contributed by atoms with van der Waals surface area (Å²) in [6, 6.07) is 10.1. The number of hydrogen-bond donors (Lipinski definition) is 1. The van der Waals surface area contributed by atoms with Crippen molar-refractivity contribution in [2.24, 2.45) is 0 Å².